The fourth-order valence-corrected chi connectivity index (χ4v) is 3.80. The lowest BCUT2D eigenvalue weighted by Gasteiger charge is -2.40. The molecule has 2 atom stereocenters. The predicted octanol–water partition coefficient (Wildman–Crippen LogP) is 5.17. The van der Waals surface area contributed by atoms with Crippen LogP contribution >= 0.6 is 0 Å². The van der Waals surface area contributed by atoms with E-state index in [1.54, 1.807) is 0 Å². The van der Waals surface area contributed by atoms with Crippen molar-refractivity contribution >= 4 is 16.6 Å². The second-order valence-corrected chi connectivity index (χ2v) is 7.46. The minimum Gasteiger partial charge on any atom is -0.381 e. The molecule has 2 nitrogen and oxygen atoms in total. The van der Waals surface area contributed by atoms with Crippen molar-refractivity contribution in [3.63, 3.8) is 0 Å². The van der Waals surface area contributed by atoms with Crippen molar-refractivity contribution in [2.24, 2.45) is 11.3 Å². The van der Waals surface area contributed by atoms with Gasteiger partial charge in [-0.25, -0.2) is 0 Å². The lowest BCUT2D eigenvalue weighted by atomic mass is 9.70. The Hall–Kier alpha value is -1.57. The van der Waals surface area contributed by atoms with Gasteiger partial charge in [-0.3, -0.25) is 4.98 Å². The van der Waals surface area contributed by atoms with Gasteiger partial charge in [0, 0.05) is 23.3 Å². The second-order valence-electron chi connectivity index (χ2n) is 7.46. The largest absolute Gasteiger partial charge is 0.381 e. The van der Waals surface area contributed by atoms with Gasteiger partial charge >= 0.3 is 0 Å². The molecule has 1 saturated carbocycles. The van der Waals surface area contributed by atoms with Gasteiger partial charge in [-0.05, 0) is 61.3 Å². The topological polar surface area (TPSA) is 24.9 Å². The number of nitrogens with one attached hydrogen (secondary N) is 1. The molecule has 0 aliphatic heterocycles. The van der Waals surface area contributed by atoms with E-state index in [4.69, 9.17) is 0 Å². The van der Waals surface area contributed by atoms with Crippen molar-refractivity contribution in [2.45, 2.75) is 53.0 Å². The number of anilines is 1. The molecule has 0 bridgehead atoms. The van der Waals surface area contributed by atoms with E-state index in [1.165, 1.54) is 35.9 Å². The standard InChI is InChI=1S/C19H26N2/c1-13-7-8-17(15-6-5-11-20-18(13)15)21-16-9-10-19(3,4)12-14(16)2/h5-8,11,14,16,21H,9-10,12H2,1-4H3. The molecule has 0 spiro atoms. The molecule has 3 rings (SSSR count). The van der Waals surface area contributed by atoms with E-state index >= 15 is 0 Å². The molecule has 112 valence electrons. The lowest BCUT2D eigenvalue weighted by Crippen LogP contribution is -2.36. The van der Waals surface area contributed by atoms with Gasteiger partial charge in [0.2, 0.25) is 0 Å². The van der Waals surface area contributed by atoms with E-state index in [9.17, 15) is 0 Å². The van der Waals surface area contributed by atoms with E-state index in [-0.39, 0.29) is 0 Å². The molecular weight excluding hydrogens is 256 g/mol. The Labute approximate surface area is 128 Å². The third kappa shape index (κ3) is 2.90. The first kappa shape index (κ1) is 14.4. The Morgan fingerprint density at radius 3 is 2.81 bits per heavy atom. The SMILES string of the molecule is Cc1ccc(NC2CCC(C)(C)CC2C)c2cccnc12. The van der Waals surface area contributed by atoms with Crippen LogP contribution in [-0.2, 0) is 0 Å². The molecule has 0 amide bonds. The number of hydrogen-bond donors (Lipinski definition) is 1. The van der Waals surface area contributed by atoms with Gasteiger partial charge < -0.3 is 5.32 Å². The molecule has 2 unspecified atom stereocenters. The van der Waals surface area contributed by atoms with E-state index in [1.807, 2.05) is 12.3 Å². The van der Waals surface area contributed by atoms with Gasteiger partial charge in [0.05, 0.1) is 5.52 Å². The van der Waals surface area contributed by atoms with Crippen LogP contribution in [0.1, 0.15) is 45.6 Å². The monoisotopic (exact) mass is 282 g/mol. The van der Waals surface area contributed by atoms with Crippen molar-refractivity contribution in [3.05, 3.63) is 36.0 Å². The molecule has 2 heteroatoms. The number of aryl methyl sites for hydroxylation is 1. The molecular formula is C19H26N2. The van der Waals surface area contributed by atoms with Crippen molar-refractivity contribution in [1.82, 2.24) is 4.98 Å². The van der Waals surface area contributed by atoms with Crippen LogP contribution in [-0.4, -0.2) is 11.0 Å². The van der Waals surface area contributed by atoms with Crippen LogP contribution < -0.4 is 5.32 Å². The highest BCUT2D eigenvalue weighted by molar-refractivity contribution is 5.93. The Bertz CT molecular complexity index is 645. The Balaban J connectivity index is 1.87. The third-order valence-electron chi connectivity index (χ3n) is 5.01. The van der Waals surface area contributed by atoms with Gasteiger partial charge in [-0.15, -0.1) is 0 Å². The summed E-state index contributed by atoms with van der Waals surface area (Å²) in [4.78, 5) is 4.54. The first-order valence-corrected chi connectivity index (χ1v) is 8.07. The molecule has 2 aromatic rings. The van der Waals surface area contributed by atoms with Crippen LogP contribution in [0.25, 0.3) is 10.9 Å². The fraction of sp³-hybridized carbons (Fsp3) is 0.526. The van der Waals surface area contributed by atoms with E-state index in [0.29, 0.717) is 17.4 Å². The average molecular weight is 282 g/mol. The number of rotatable bonds is 2. The molecule has 1 heterocycles. The minimum atomic E-state index is 0.495. The summed E-state index contributed by atoms with van der Waals surface area (Å²) in [6.45, 7) is 9.30. The first-order valence-electron chi connectivity index (χ1n) is 8.07. The number of hydrogen-bond acceptors (Lipinski definition) is 2. The summed E-state index contributed by atoms with van der Waals surface area (Å²) >= 11 is 0. The molecule has 1 aliphatic rings. The number of aromatic nitrogens is 1. The highest BCUT2D eigenvalue weighted by Gasteiger charge is 2.32. The normalized spacial score (nSPS) is 25.0. The molecule has 1 aromatic carbocycles. The Morgan fingerprint density at radius 2 is 2.05 bits per heavy atom. The van der Waals surface area contributed by atoms with Crippen LogP contribution in [0.4, 0.5) is 5.69 Å². The third-order valence-corrected chi connectivity index (χ3v) is 5.01. The van der Waals surface area contributed by atoms with Crippen LogP contribution in [0.2, 0.25) is 0 Å². The number of nitrogens with zero attached hydrogens (tertiary/aromatic N) is 1. The van der Waals surface area contributed by atoms with Crippen LogP contribution in [0, 0.1) is 18.3 Å². The molecule has 1 aliphatic carbocycles. The van der Waals surface area contributed by atoms with E-state index < -0.39 is 0 Å². The molecule has 1 fully saturated rings. The Kier molecular flexibility index (Phi) is 3.64. The highest BCUT2D eigenvalue weighted by Crippen LogP contribution is 2.40. The van der Waals surface area contributed by atoms with Crippen molar-refractivity contribution in [3.8, 4) is 0 Å². The van der Waals surface area contributed by atoms with Gasteiger partial charge in [-0.1, -0.05) is 26.8 Å². The second kappa shape index (κ2) is 5.32. The summed E-state index contributed by atoms with van der Waals surface area (Å²) in [5.74, 6) is 0.710. The average Bonchev–Trinajstić information content (AvgIpc) is 2.44. The zero-order chi connectivity index (χ0) is 15.0. The zero-order valence-corrected chi connectivity index (χ0v) is 13.6. The van der Waals surface area contributed by atoms with Gasteiger partial charge in [0.1, 0.15) is 0 Å². The summed E-state index contributed by atoms with van der Waals surface area (Å²) in [5.41, 5.74) is 4.09. The lowest BCUT2D eigenvalue weighted by molar-refractivity contribution is 0.177. The number of pyridine rings is 1. The molecule has 0 saturated heterocycles. The van der Waals surface area contributed by atoms with Gasteiger partial charge in [0.25, 0.3) is 0 Å². The Morgan fingerprint density at radius 1 is 1.24 bits per heavy atom. The maximum Gasteiger partial charge on any atom is 0.0751 e. The predicted molar refractivity (Wildman–Crippen MR) is 90.7 cm³/mol. The molecule has 1 N–H and O–H groups in total. The van der Waals surface area contributed by atoms with E-state index in [0.717, 1.165) is 5.52 Å². The highest BCUT2D eigenvalue weighted by atomic mass is 14.9. The number of fused-ring (bicyclic) bond motifs is 1. The summed E-state index contributed by atoms with van der Waals surface area (Å²) in [6.07, 6.45) is 5.73. The summed E-state index contributed by atoms with van der Waals surface area (Å²) < 4.78 is 0. The van der Waals surface area contributed by atoms with Crippen molar-refractivity contribution in [2.75, 3.05) is 5.32 Å². The summed E-state index contributed by atoms with van der Waals surface area (Å²) in [5, 5.41) is 5.04. The van der Waals surface area contributed by atoms with Crippen LogP contribution in [0.3, 0.4) is 0 Å². The summed E-state index contributed by atoms with van der Waals surface area (Å²) in [7, 11) is 0. The van der Waals surface area contributed by atoms with Crippen LogP contribution in [0.15, 0.2) is 30.5 Å². The quantitative estimate of drug-likeness (QED) is 0.822. The van der Waals surface area contributed by atoms with E-state index in [2.05, 4.69) is 56.2 Å². The number of benzene rings is 1. The zero-order valence-electron chi connectivity index (χ0n) is 13.6. The first-order chi connectivity index (χ1) is 9.96. The maximum absolute atomic E-state index is 4.54. The maximum atomic E-state index is 4.54. The van der Waals surface area contributed by atoms with Gasteiger partial charge in [0.15, 0.2) is 0 Å². The summed E-state index contributed by atoms with van der Waals surface area (Å²) in [6, 6.07) is 9.17. The van der Waals surface area contributed by atoms with Crippen molar-refractivity contribution < 1.29 is 0 Å². The van der Waals surface area contributed by atoms with Gasteiger partial charge in [-0.2, -0.15) is 0 Å². The fourth-order valence-electron chi connectivity index (χ4n) is 3.80. The van der Waals surface area contributed by atoms with Crippen LogP contribution in [0.5, 0.6) is 0 Å². The molecule has 0 radical (unpaired) electrons. The smallest absolute Gasteiger partial charge is 0.0751 e. The molecule has 21 heavy (non-hydrogen) atoms. The molecule has 1 aromatic heterocycles. The van der Waals surface area contributed by atoms with Crippen molar-refractivity contribution in [1.29, 1.82) is 0 Å². The minimum absolute atomic E-state index is 0.495.